The van der Waals surface area contributed by atoms with Crippen molar-refractivity contribution in [2.24, 2.45) is 0 Å². The standard InChI is InChI=1S/C16H21ClFNO2/c1-2-21-16(20)15(19-12-6-4-3-5-7-12)11-8-9-13(17)14(18)10-11/h8-10,12,15,19H,2-7H2,1H3. The van der Waals surface area contributed by atoms with Crippen LogP contribution in [0.2, 0.25) is 5.02 Å². The summed E-state index contributed by atoms with van der Waals surface area (Å²) < 4.78 is 18.8. The van der Waals surface area contributed by atoms with Gasteiger partial charge in [-0.25, -0.2) is 9.18 Å². The van der Waals surface area contributed by atoms with E-state index in [4.69, 9.17) is 16.3 Å². The molecule has 1 atom stereocenters. The molecule has 1 aromatic carbocycles. The van der Waals surface area contributed by atoms with Crippen LogP contribution >= 0.6 is 11.6 Å². The lowest BCUT2D eigenvalue weighted by Crippen LogP contribution is -2.39. The maximum atomic E-state index is 13.7. The molecule has 2 rings (SSSR count). The Hall–Kier alpha value is -1.13. The summed E-state index contributed by atoms with van der Waals surface area (Å²) in [7, 11) is 0. The summed E-state index contributed by atoms with van der Waals surface area (Å²) in [6, 6.07) is 4.08. The number of hydrogen-bond acceptors (Lipinski definition) is 3. The molecule has 0 bridgehead atoms. The van der Waals surface area contributed by atoms with E-state index >= 15 is 0 Å². The monoisotopic (exact) mass is 313 g/mol. The Labute approximate surface area is 129 Å². The zero-order chi connectivity index (χ0) is 15.2. The molecule has 1 aliphatic rings. The lowest BCUT2D eigenvalue weighted by molar-refractivity contribution is -0.146. The maximum absolute atomic E-state index is 13.7. The average Bonchev–Trinajstić information content (AvgIpc) is 2.49. The van der Waals surface area contributed by atoms with E-state index < -0.39 is 11.9 Å². The Morgan fingerprint density at radius 2 is 2.14 bits per heavy atom. The van der Waals surface area contributed by atoms with E-state index in [0.717, 1.165) is 25.7 Å². The number of nitrogens with one attached hydrogen (secondary N) is 1. The summed E-state index contributed by atoms with van der Waals surface area (Å²) in [4.78, 5) is 12.2. The van der Waals surface area contributed by atoms with Gasteiger partial charge in [-0.2, -0.15) is 0 Å². The molecular weight excluding hydrogens is 293 g/mol. The van der Waals surface area contributed by atoms with E-state index in [-0.39, 0.29) is 17.0 Å². The van der Waals surface area contributed by atoms with Crippen molar-refractivity contribution in [3.63, 3.8) is 0 Å². The third kappa shape index (κ3) is 4.42. The minimum Gasteiger partial charge on any atom is -0.465 e. The molecule has 1 aromatic rings. The van der Waals surface area contributed by atoms with Crippen molar-refractivity contribution < 1.29 is 13.9 Å². The highest BCUT2D eigenvalue weighted by Crippen LogP contribution is 2.25. The van der Waals surface area contributed by atoms with Crippen molar-refractivity contribution in [2.75, 3.05) is 6.61 Å². The van der Waals surface area contributed by atoms with Gasteiger partial charge in [0.25, 0.3) is 0 Å². The number of rotatable bonds is 5. The van der Waals surface area contributed by atoms with Gasteiger partial charge in [-0.3, -0.25) is 5.32 Å². The SMILES string of the molecule is CCOC(=O)C(NC1CCCCC1)c1ccc(Cl)c(F)c1. The van der Waals surface area contributed by atoms with Crippen LogP contribution < -0.4 is 5.32 Å². The number of carbonyl (C=O) groups is 1. The molecule has 0 amide bonds. The number of esters is 1. The molecule has 0 aromatic heterocycles. The lowest BCUT2D eigenvalue weighted by atomic mass is 9.94. The first-order valence-corrected chi connectivity index (χ1v) is 7.87. The second-order valence-electron chi connectivity index (χ2n) is 5.36. The van der Waals surface area contributed by atoms with Crippen LogP contribution in [0.15, 0.2) is 18.2 Å². The first-order valence-electron chi connectivity index (χ1n) is 7.49. The highest BCUT2D eigenvalue weighted by atomic mass is 35.5. The predicted molar refractivity (Wildman–Crippen MR) is 80.8 cm³/mol. The summed E-state index contributed by atoms with van der Waals surface area (Å²) >= 11 is 5.71. The van der Waals surface area contributed by atoms with Crippen molar-refractivity contribution in [3.8, 4) is 0 Å². The van der Waals surface area contributed by atoms with Gasteiger partial charge in [0, 0.05) is 6.04 Å². The second kappa shape index (κ2) is 7.76. The van der Waals surface area contributed by atoms with Gasteiger partial charge in [0.1, 0.15) is 11.9 Å². The van der Waals surface area contributed by atoms with Crippen LogP contribution in [0.4, 0.5) is 4.39 Å². The zero-order valence-corrected chi connectivity index (χ0v) is 13.0. The Kier molecular flexibility index (Phi) is 6.00. The van der Waals surface area contributed by atoms with Crippen LogP contribution in [0.3, 0.4) is 0 Å². The fraction of sp³-hybridized carbons (Fsp3) is 0.562. The Bertz CT molecular complexity index is 489. The maximum Gasteiger partial charge on any atom is 0.327 e. The van der Waals surface area contributed by atoms with Crippen molar-refractivity contribution in [1.82, 2.24) is 5.32 Å². The van der Waals surface area contributed by atoms with E-state index in [1.165, 1.54) is 18.6 Å². The molecular formula is C16H21ClFNO2. The molecule has 5 heteroatoms. The van der Waals surface area contributed by atoms with E-state index in [2.05, 4.69) is 5.32 Å². The van der Waals surface area contributed by atoms with Gasteiger partial charge in [0.05, 0.1) is 11.6 Å². The molecule has 0 heterocycles. The molecule has 0 saturated heterocycles. The smallest absolute Gasteiger partial charge is 0.327 e. The molecule has 0 aliphatic heterocycles. The molecule has 21 heavy (non-hydrogen) atoms. The van der Waals surface area contributed by atoms with Gasteiger partial charge < -0.3 is 4.74 Å². The molecule has 1 N–H and O–H groups in total. The topological polar surface area (TPSA) is 38.3 Å². The molecule has 3 nitrogen and oxygen atoms in total. The van der Waals surface area contributed by atoms with Gasteiger partial charge in [0.2, 0.25) is 0 Å². The minimum absolute atomic E-state index is 0.0547. The molecule has 116 valence electrons. The summed E-state index contributed by atoms with van der Waals surface area (Å²) in [5.41, 5.74) is 0.556. The van der Waals surface area contributed by atoms with Crippen molar-refractivity contribution in [3.05, 3.63) is 34.6 Å². The van der Waals surface area contributed by atoms with Crippen LogP contribution in [-0.4, -0.2) is 18.6 Å². The van der Waals surface area contributed by atoms with Crippen LogP contribution in [-0.2, 0) is 9.53 Å². The van der Waals surface area contributed by atoms with E-state index in [1.807, 2.05) is 0 Å². The first kappa shape index (κ1) is 16.2. The fourth-order valence-electron chi connectivity index (χ4n) is 2.72. The summed E-state index contributed by atoms with van der Waals surface area (Å²) in [5.74, 6) is -0.890. The van der Waals surface area contributed by atoms with Crippen LogP contribution in [0, 0.1) is 5.82 Å². The van der Waals surface area contributed by atoms with E-state index in [1.54, 1.807) is 13.0 Å². The normalized spacial score (nSPS) is 17.5. The minimum atomic E-state index is -0.639. The molecule has 0 spiro atoms. The van der Waals surface area contributed by atoms with E-state index in [0.29, 0.717) is 12.2 Å². The predicted octanol–water partition coefficient (Wildman–Crippen LogP) is 4.01. The van der Waals surface area contributed by atoms with Gasteiger partial charge in [-0.15, -0.1) is 0 Å². The van der Waals surface area contributed by atoms with Crippen molar-refractivity contribution in [2.45, 2.75) is 51.1 Å². The van der Waals surface area contributed by atoms with Gasteiger partial charge >= 0.3 is 5.97 Å². The first-order chi connectivity index (χ1) is 10.1. The van der Waals surface area contributed by atoms with Crippen molar-refractivity contribution in [1.29, 1.82) is 0 Å². The third-order valence-electron chi connectivity index (χ3n) is 3.81. The van der Waals surface area contributed by atoms with Crippen molar-refractivity contribution >= 4 is 17.6 Å². The zero-order valence-electron chi connectivity index (χ0n) is 12.2. The number of benzene rings is 1. The molecule has 1 unspecified atom stereocenters. The highest BCUT2D eigenvalue weighted by molar-refractivity contribution is 6.30. The molecule has 1 saturated carbocycles. The van der Waals surface area contributed by atoms with Crippen LogP contribution in [0.1, 0.15) is 50.6 Å². The number of halogens is 2. The van der Waals surface area contributed by atoms with Gasteiger partial charge in [-0.1, -0.05) is 36.9 Å². The lowest BCUT2D eigenvalue weighted by Gasteiger charge is -2.27. The second-order valence-corrected chi connectivity index (χ2v) is 5.77. The van der Waals surface area contributed by atoms with Crippen LogP contribution in [0.25, 0.3) is 0 Å². The molecule has 0 radical (unpaired) electrons. The highest BCUT2D eigenvalue weighted by Gasteiger charge is 2.26. The third-order valence-corrected chi connectivity index (χ3v) is 4.11. The molecule has 1 aliphatic carbocycles. The van der Waals surface area contributed by atoms with Crippen LogP contribution in [0.5, 0.6) is 0 Å². The Morgan fingerprint density at radius 1 is 1.43 bits per heavy atom. The fourth-order valence-corrected chi connectivity index (χ4v) is 2.84. The molecule has 1 fully saturated rings. The summed E-state index contributed by atoms with van der Waals surface area (Å²) in [5, 5.41) is 3.37. The number of hydrogen-bond donors (Lipinski definition) is 1. The Balaban J connectivity index is 2.17. The number of ether oxygens (including phenoxy) is 1. The largest absolute Gasteiger partial charge is 0.465 e. The quantitative estimate of drug-likeness (QED) is 0.835. The summed E-state index contributed by atoms with van der Waals surface area (Å²) in [6.07, 6.45) is 5.61. The number of carbonyl (C=O) groups excluding carboxylic acids is 1. The average molecular weight is 314 g/mol. The van der Waals surface area contributed by atoms with Gasteiger partial charge in [-0.05, 0) is 37.5 Å². The summed E-state index contributed by atoms with van der Waals surface area (Å²) in [6.45, 7) is 2.07. The Morgan fingerprint density at radius 3 is 2.76 bits per heavy atom. The van der Waals surface area contributed by atoms with E-state index in [9.17, 15) is 9.18 Å². The van der Waals surface area contributed by atoms with Gasteiger partial charge in [0.15, 0.2) is 0 Å².